The highest BCUT2D eigenvalue weighted by molar-refractivity contribution is 5.58. The molecule has 3 nitrogen and oxygen atoms in total. The third-order valence-corrected chi connectivity index (χ3v) is 1.41. The normalized spacial score (nSPS) is 11.5. The van der Waals surface area contributed by atoms with Crippen molar-refractivity contribution in [2.75, 3.05) is 19.7 Å². The van der Waals surface area contributed by atoms with E-state index in [1.54, 1.807) is 0 Å². The fraction of sp³-hybridized carbons (Fsp3) is 0.875. The van der Waals surface area contributed by atoms with Crippen LogP contribution in [0.5, 0.6) is 0 Å². The fourth-order valence-electron chi connectivity index (χ4n) is 0.656. The summed E-state index contributed by atoms with van der Waals surface area (Å²) < 4.78 is 0. The average molecular weight is 159 g/mol. The lowest BCUT2D eigenvalue weighted by Gasteiger charge is -2.16. The number of carbonyl (C=O) groups is 1. The van der Waals surface area contributed by atoms with E-state index in [1.165, 1.54) is 0 Å². The van der Waals surface area contributed by atoms with Crippen LogP contribution in [0.15, 0.2) is 0 Å². The Hall–Kier alpha value is -0.410. The van der Waals surface area contributed by atoms with Crippen molar-refractivity contribution in [2.45, 2.75) is 20.3 Å². The standard InChI is InChI=1S/C8H17NO2/c1-8(2,7-11)6-9-4-3-5-10/h7,9-10H,3-6H2,1-2H3. The van der Waals surface area contributed by atoms with Crippen LogP contribution < -0.4 is 5.32 Å². The molecular weight excluding hydrogens is 142 g/mol. The third-order valence-electron chi connectivity index (χ3n) is 1.41. The van der Waals surface area contributed by atoms with Gasteiger partial charge in [0.2, 0.25) is 0 Å². The highest BCUT2D eigenvalue weighted by Crippen LogP contribution is 2.07. The van der Waals surface area contributed by atoms with E-state index in [-0.39, 0.29) is 12.0 Å². The molecule has 0 aliphatic carbocycles. The van der Waals surface area contributed by atoms with Crippen LogP contribution in [-0.2, 0) is 4.79 Å². The summed E-state index contributed by atoms with van der Waals surface area (Å²) in [5, 5.41) is 11.5. The SMILES string of the molecule is CC(C)(C=O)CNCCCO. The molecule has 0 aliphatic heterocycles. The van der Waals surface area contributed by atoms with E-state index in [4.69, 9.17) is 5.11 Å². The summed E-state index contributed by atoms with van der Waals surface area (Å²) in [7, 11) is 0. The zero-order chi connectivity index (χ0) is 8.74. The summed E-state index contributed by atoms with van der Waals surface area (Å²) >= 11 is 0. The van der Waals surface area contributed by atoms with Gasteiger partial charge in [0.15, 0.2) is 0 Å². The fourth-order valence-corrected chi connectivity index (χ4v) is 0.656. The molecule has 0 saturated heterocycles. The summed E-state index contributed by atoms with van der Waals surface area (Å²) in [5.41, 5.74) is -0.282. The van der Waals surface area contributed by atoms with Gasteiger partial charge in [0, 0.05) is 18.6 Å². The van der Waals surface area contributed by atoms with E-state index in [1.807, 2.05) is 13.8 Å². The number of hydrogen-bond acceptors (Lipinski definition) is 3. The summed E-state index contributed by atoms with van der Waals surface area (Å²) in [6.45, 7) is 5.41. The van der Waals surface area contributed by atoms with E-state index in [2.05, 4.69) is 5.32 Å². The van der Waals surface area contributed by atoms with Crippen LogP contribution >= 0.6 is 0 Å². The molecule has 0 aromatic carbocycles. The van der Waals surface area contributed by atoms with Gasteiger partial charge in [-0.3, -0.25) is 0 Å². The molecule has 0 radical (unpaired) electrons. The van der Waals surface area contributed by atoms with Gasteiger partial charge >= 0.3 is 0 Å². The first-order valence-electron chi connectivity index (χ1n) is 3.90. The number of rotatable bonds is 6. The summed E-state index contributed by atoms with van der Waals surface area (Å²) in [5.74, 6) is 0. The Labute approximate surface area is 67.8 Å². The first kappa shape index (κ1) is 10.6. The van der Waals surface area contributed by atoms with E-state index >= 15 is 0 Å². The van der Waals surface area contributed by atoms with Crippen molar-refractivity contribution in [1.82, 2.24) is 5.32 Å². The van der Waals surface area contributed by atoms with Crippen molar-refractivity contribution in [1.29, 1.82) is 0 Å². The maximum atomic E-state index is 10.4. The second-order valence-corrected chi connectivity index (χ2v) is 3.36. The van der Waals surface area contributed by atoms with Crippen LogP contribution in [-0.4, -0.2) is 31.1 Å². The van der Waals surface area contributed by atoms with Crippen molar-refractivity contribution in [3.05, 3.63) is 0 Å². The van der Waals surface area contributed by atoms with Crippen molar-refractivity contribution < 1.29 is 9.90 Å². The van der Waals surface area contributed by atoms with Crippen LogP contribution in [0.25, 0.3) is 0 Å². The van der Waals surface area contributed by atoms with Gasteiger partial charge < -0.3 is 15.2 Å². The quantitative estimate of drug-likeness (QED) is 0.429. The molecule has 0 amide bonds. The molecule has 0 unspecified atom stereocenters. The largest absolute Gasteiger partial charge is 0.396 e. The minimum absolute atomic E-state index is 0.203. The maximum absolute atomic E-state index is 10.4. The molecule has 0 heterocycles. The molecule has 11 heavy (non-hydrogen) atoms. The number of aliphatic hydroxyl groups is 1. The molecule has 3 heteroatoms. The smallest absolute Gasteiger partial charge is 0.126 e. The van der Waals surface area contributed by atoms with Gasteiger partial charge in [-0.1, -0.05) is 13.8 Å². The van der Waals surface area contributed by atoms with Crippen molar-refractivity contribution in [2.24, 2.45) is 5.41 Å². The Kier molecular flexibility index (Phi) is 5.07. The van der Waals surface area contributed by atoms with Crippen LogP contribution in [0.2, 0.25) is 0 Å². The molecule has 0 aliphatic rings. The predicted molar refractivity (Wildman–Crippen MR) is 44.4 cm³/mol. The van der Waals surface area contributed by atoms with Gasteiger partial charge in [0.05, 0.1) is 0 Å². The lowest BCUT2D eigenvalue weighted by atomic mass is 9.96. The van der Waals surface area contributed by atoms with Gasteiger partial charge in [0.25, 0.3) is 0 Å². The average Bonchev–Trinajstić information content (AvgIpc) is 1.99. The van der Waals surface area contributed by atoms with Crippen LogP contribution in [0.4, 0.5) is 0 Å². The first-order valence-corrected chi connectivity index (χ1v) is 3.90. The summed E-state index contributed by atoms with van der Waals surface area (Å²) in [6, 6.07) is 0. The Morgan fingerprint density at radius 3 is 2.64 bits per heavy atom. The summed E-state index contributed by atoms with van der Waals surface area (Å²) in [6.07, 6.45) is 1.69. The Morgan fingerprint density at radius 1 is 1.55 bits per heavy atom. The molecule has 0 aromatic heterocycles. The van der Waals surface area contributed by atoms with Gasteiger partial charge in [-0.05, 0) is 13.0 Å². The number of nitrogens with one attached hydrogen (secondary N) is 1. The Morgan fingerprint density at radius 2 is 2.18 bits per heavy atom. The van der Waals surface area contributed by atoms with E-state index < -0.39 is 0 Å². The molecule has 66 valence electrons. The Balaban J connectivity index is 3.30. The minimum Gasteiger partial charge on any atom is -0.396 e. The molecular formula is C8H17NO2. The number of carbonyl (C=O) groups excluding carboxylic acids is 1. The molecule has 0 bridgehead atoms. The highest BCUT2D eigenvalue weighted by Gasteiger charge is 2.14. The highest BCUT2D eigenvalue weighted by atomic mass is 16.3. The second-order valence-electron chi connectivity index (χ2n) is 3.36. The molecule has 0 spiro atoms. The van der Waals surface area contributed by atoms with E-state index in [9.17, 15) is 4.79 Å². The van der Waals surface area contributed by atoms with Crippen LogP contribution in [0.1, 0.15) is 20.3 Å². The van der Waals surface area contributed by atoms with Crippen molar-refractivity contribution in [3.8, 4) is 0 Å². The third kappa shape index (κ3) is 6.01. The minimum atomic E-state index is -0.282. The van der Waals surface area contributed by atoms with Gasteiger partial charge in [-0.15, -0.1) is 0 Å². The topological polar surface area (TPSA) is 49.3 Å². The predicted octanol–water partition coefficient (Wildman–Crippen LogP) is 0.183. The van der Waals surface area contributed by atoms with Crippen LogP contribution in [0.3, 0.4) is 0 Å². The van der Waals surface area contributed by atoms with E-state index in [0.717, 1.165) is 19.3 Å². The number of aliphatic hydroxyl groups excluding tert-OH is 1. The van der Waals surface area contributed by atoms with Gasteiger partial charge in [-0.25, -0.2) is 0 Å². The second kappa shape index (κ2) is 5.27. The van der Waals surface area contributed by atoms with Crippen molar-refractivity contribution in [3.63, 3.8) is 0 Å². The monoisotopic (exact) mass is 159 g/mol. The zero-order valence-corrected chi connectivity index (χ0v) is 7.26. The molecule has 0 saturated carbocycles. The molecule has 0 fully saturated rings. The molecule has 0 aromatic rings. The Bertz CT molecular complexity index is 113. The van der Waals surface area contributed by atoms with E-state index in [0.29, 0.717) is 6.54 Å². The maximum Gasteiger partial charge on any atom is 0.126 e. The molecule has 0 atom stereocenters. The molecule has 0 rings (SSSR count). The van der Waals surface area contributed by atoms with Gasteiger partial charge in [-0.2, -0.15) is 0 Å². The number of aldehydes is 1. The lowest BCUT2D eigenvalue weighted by molar-refractivity contribution is -0.114. The van der Waals surface area contributed by atoms with Crippen LogP contribution in [0, 0.1) is 5.41 Å². The lowest BCUT2D eigenvalue weighted by Crippen LogP contribution is -2.31. The van der Waals surface area contributed by atoms with Crippen molar-refractivity contribution >= 4 is 6.29 Å². The zero-order valence-electron chi connectivity index (χ0n) is 7.26. The first-order chi connectivity index (χ1) is 5.12. The molecule has 2 N–H and O–H groups in total. The summed E-state index contributed by atoms with van der Waals surface area (Å²) in [4.78, 5) is 10.4. The number of hydrogen-bond donors (Lipinski definition) is 2. The van der Waals surface area contributed by atoms with Gasteiger partial charge in [0.1, 0.15) is 6.29 Å².